The molecule has 1 N–H and O–H groups in total. The standard InChI is InChI=1S/C24H30ClN3O4S/c1-17(2)15-22(26-33(31,32)21-9-7-18(3)8-10-21)24(30)28-13-11-27(12-14-28)23(29)19-5-4-6-20(25)16-19/h4-10,16-17,22,26H,11-15H2,1-3H3. The van der Waals surface area contributed by atoms with Crippen LogP contribution < -0.4 is 4.72 Å². The SMILES string of the molecule is Cc1ccc(S(=O)(=O)NC(CC(C)C)C(=O)N2CCN(C(=O)c3cccc(Cl)c3)CC2)cc1. The Labute approximate surface area is 200 Å². The predicted octanol–water partition coefficient (Wildman–Crippen LogP) is 3.33. The van der Waals surface area contributed by atoms with E-state index in [0.29, 0.717) is 43.2 Å². The summed E-state index contributed by atoms with van der Waals surface area (Å²) < 4.78 is 28.4. The minimum Gasteiger partial charge on any atom is -0.338 e. The van der Waals surface area contributed by atoms with Crippen LogP contribution >= 0.6 is 11.6 Å². The van der Waals surface area contributed by atoms with Crippen molar-refractivity contribution in [1.82, 2.24) is 14.5 Å². The van der Waals surface area contributed by atoms with Crippen LogP contribution in [0.15, 0.2) is 53.4 Å². The van der Waals surface area contributed by atoms with Crippen molar-refractivity contribution in [2.24, 2.45) is 5.92 Å². The molecule has 0 bridgehead atoms. The Morgan fingerprint density at radius 1 is 1.00 bits per heavy atom. The Bertz CT molecular complexity index is 1090. The number of nitrogens with zero attached hydrogens (tertiary/aromatic N) is 2. The highest BCUT2D eigenvalue weighted by molar-refractivity contribution is 7.89. The van der Waals surface area contributed by atoms with Gasteiger partial charge in [-0.15, -0.1) is 0 Å². The molecular formula is C24H30ClN3O4S. The van der Waals surface area contributed by atoms with Crippen LogP contribution in [-0.4, -0.2) is 62.3 Å². The van der Waals surface area contributed by atoms with Crippen molar-refractivity contribution in [3.63, 3.8) is 0 Å². The van der Waals surface area contributed by atoms with Crippen molar-refractivity contribution in [2.45, 2.75) is 38.1 Å². The number of aryl methyl sites for hydroxylation is 1. The Morgan fingerprint density at radius 2 is 1.61 bits per heavy atom. The van der Waals surface area contributed by atoms with Crippen LogP contribution in [0.1, 0.15) is 36.2 Å². The first kappa shape index (κ1) is 25.2. The second-order valence-electron chi connectivity index (χ2n) is 8.74. The zero-order chi connectivity index (χ0) is 24.2. The molecule has 178 valence electrons. The van der Waals surface area contributed by atoms with E-state index in [1.807, 2.05) is 20.8 Å². The van der Waals surface area contributed by atoms with Gasteiger partial charge in [0.25, 0.3) is 5.91 Å². The minimum absolute atomic E-state index is 0.116. The number of sulfonamides is 1. The molecular weight excluding hydrogens is 462 g/mol. The summed E-state index contributed by atoms with van der Waals surface area (Å²) in [6, 6.07) is 12.4. The summed E-state index contributed by atoms with van der Waals surface area (Å²) in [4.78, 5) is 29.5. The maximum Gasteiger partial charge on any atom is 0.254 e. The average molecular weight is 492 g/mol. The van der Waals surface area contributed by atoms with Gasteiger partial charge in [-0.3, -0.25) is 9.59 Å². The molecule has 1 aliphatic rings. The van der Waals surface area contributed by atoms with E-state index < -0.39 is 16.1 Å². The zero-order valence-corrected chi connectivity index (χ0v) is 20.7. The van der Waals surface area contributed by atoms with E-state index in [-0.39, 0.29) is 22.6 Å². The molecule has 1 atom stereocenters. The van der Waals surface area contributed by atoms with Crippen LogP contribution in [0.2, 0.25) is 5.02 Å². The van der Waals surface area contributed by atoms with E-state index >= 15 is 0 Å². The lowest BCUT2D eigenvalue weighted by Crippen LogP contribution is -2.56. The summed E-state index contributed by atoms with van der Waals surface area (Å²) in [6.07, 6.45) is 0.381. The van der Waals surface area contributed by atoms with Gasteiger partial charge >= 0.3 is 0 Å². The predicted molar refractivity (Wildman–Crippen MR) is 129 cm³/mol. The summed E-state index contributed by atoms with van der Waals surface area (Å²) in [6.45, 7) is 7.19. The van der Waals surface area contributed by atoms with Gasteiger partial charge in [0.15, 0.2) is 0 Å². The monoisotopic (exact) mass is 491 g/mol. The molecule has 2 aromatic rings. The van der Waals surface area contributed by atoms with E-state index in [9.17, 15) is 18.0 Å². The summed E-state index contributed by atoms with van der Waals surface area (Å²) in [7, 11) is -3.84. The van der Waals surface area contributed by atoms with Crippen LogP contribution in [-0.2, 0) is 14.8 Å². The maximum absolute atomic E-state index is 13.3. The number of carbonyl (C=O) groups is 2. The van der Waals surface area contributed by atoms with Gasteiger partial charge in [0.2, 0.25) is 15.9 Å². The molecule has 1 saturated heterocycles. The molecule has 0 spiro atoms. The Kier molecular flexibility index (Phi) is 8.15. The largest absolute Gasteiger partial charge is 0.338 e. The fourth-order valence-electron chi connectivity index (χ4n) is 3.80. The molecule has 0 aromatic heterocycles. The van der Waals surface area contributed by atoms with Crippen molar-refractivity contribution in [1.29, 1.82) is 0 Å². The molecule has 0 radical (unpaired) electrons. The molecule has 1 aliphatic heterocycles. The number of benzene rings is 2. The van der Waals surface area contributed by atoms with Gasteiger partial charge in [-0.25, -0.2) is 8.42 Å². The van der Waals surface area contributed by atoms with Gasteiger partial charge in [0, 0.05) is 36.8 Å². The first-order chi connectivity index (χ1) is 15.6. The van der Waals surface area contributed by atoms with E-state index in [1.165, 1.54) is 12.1 Å². The summed E-state index contributed by atoms with van der Waals surface area (Å²) in [5.74, 6) is -0.289. The number of hydrogen-bond acceptors (Lipinski definition) is 4. The number of carbonyl (C=O) groups excluding carboxylic acids is 2. The molecule has 33 heavy (non-hydrogen) atoms. The van der Waals surface area contributed by atoms with E-state index in [2.05, 4.69) is 4.72 Å². The first-order valence-electron chi connectivity index (χ1n) is 11.0. The molecule has 2 amide bonds. The molecule has 7 nitrogen and oxygen atoms in total. The second-order valence-corrected chi connectivity index (χ2v) is 10.9. The number of hydrogen-bond donors (Lipinski definition) is 1. The van der Waals surface area contributed by atoms with Crippen LogP contribution in [0.5, 0.6) is 0 Å². The molecule has 9 heteroatoms. The highest BCUT2D eigenvalue weighted by Crippen LogP contribution is 2.17. The van der Waals surface area contributed by atoms with Gasteiger partial charge in [0.05, 0.1) is 4.90 Å². The third kappa shape index (κ3) is 6.56. The zero-order valence-electron chi connectivity index (χ0n) is 19.1. The second kappa shape index (κ2) is 10.7. The van der Waals surface area contributed by atoms with Crippen molar-refractivity contribution < 1.29 is 18.0 Å². The number of nitrogens with one attached hydrogen (secondary N) is 1. The molecule has 1 fully saturated rings. The average Bonchev–Trinajstić information content (AvgIpc) is 2.77. The molecule has 1 unspecified atom stereocenters. The fraction of sp³-hybridized carbons (Fsp3) is 0.417. The third-order valence-corrected chi connectivity index (χ3v) is 7.31. The quantitative estimate of drug-likeness (QED) is 0.643. The molecule has 0 saturated carbocycles. The highest BCUT2D eigenvalue weighted by atomic mass is 35.5. The van der Waals surface area contributed by atoms with E-state index in [1.54, 1.807) is 46.2 Å². The Morgan fingerprint density at radius 3 is 2.18 bits per heavy atom. The van der Waals surface area contributed by atoms with Gasteiger partial charge in [-0.1, -0.05) is 49.2 Å². The van der Waals surface area contributed by atoms with Crippen molar-refractivity contribution in [3.8, 4) is 0 Å². The van der Waals surface area contributed by atoms with Gasteiger partial charge in [-0.05, 0) is 49.6 Å². The fourth-order valence-corrected chi connectivity index (χ4v) is 5.19. The number of piperazine rings is 1. The highest BCUT2D eigenvalue weighted by Gasteiger charge is 2.32. The third-order valence-electron chi connectivity index (χ3n) is 5.58. The van der Waals surface area contributed by atoms with Gasteiger partial charge in [0.1, 0.15) is 6.04 Å². The van der Waals surface area contributed by atoms with Crippen molar-refractivity contribution in [2.75, 3.05) is 26.2 Å². The lowest BCUT2D eigenvalue weighted by Gasteiger charge is -2.36. The van der Waals surface area contributed by atoms with Crippen LogP contribution in [0.4, 0.5) is 0 Å². The van der Waals surface area contributed by atoms with Gasteiger partial charge < -0.3 is 9.80 Å². The molecule has 3 rings (SSSR count). The number of amides is 2. The van der Waals surface area contributed by atoms with Crippen molar-refractivity contribution >= 4 is 33.4 Å². The lowest BCUT2D eigenvalue weighted by atomic mass is 10.0. The van der Waals surface area contributed by atoms with E-state index in [0.717, 1.165) is 5.56 Å². The lowest BCUT2D eigenvalue weighted by molar-refractivity contribution is -0.134. The smallest absolute Gasteiger partial charge is 0.254 e. The van der Waals surface area contributed by atoms with Crippen LogP contribution in [0.25, 0.3) is 0 Å². The topological polar surface area (TPSA) is 86.8 Å². The molecule has 2 aromatic carbocycles. The normalized spacial score (nSPS) is 15.5. The summed E-state index contributed by atoms with van der Waals surface area (Å²) in [5, 5.41) is 0.493. The maximum atomic E-state index is 13.3. The van der Waals surface area contributed by atoms with Crippen LogP contribution in [0.3, 0.4) is 0 Å². The van der Waals surface area contributed by atoms with Crippen molar-refractivity contribution in [3.05, 3.63) is 64.7 Å². The number of halogens is 1. The van der Waals surface area contributed by atoms with Crippen LogP contribution in [0, 0.1) is 12.8 Å². The summed E-state index contributed by atoms with van der Waals surface area (Å²) >= 11 is 5.99. The van der Waals surface area contributed by atoms with E-state index in [4.69, 9.17) is 11.6 Å². The molecule has 1 heterocycles. The minimum atomic E-state index is -3.84. The molecule has 0 aliphatic carbocycles. The number of rotatable bonds is 7. The Hall–Kier alpha value is -2.42. The first-order valence-corrected chi connectivity index (χ1v) is 12.9. The summed E-state index contributed by atoms with van der Waals surface area (Å²) in [5.41, 5.74) is 1.46. The van der Waals surface area contributed by atoms with Gasteiger partial charge in [-0.2, -0.15) is 4.72 Å². The Balaban J connectivity index is 1.67.